The van der Waals surface area contributed by atoms with Crippen LogP contribution in [0.2, 0.25) is 0 Å². The van der Waals surface area contributed by atoms with Crippen molar-refractivity contribution in [2.24, 2.45) is 5.92 Å². The summed E-state index contributed by atoms with van der Waals surface area (Å²) in [4.78, 5) is 0. The zero-order valence-corrected chi connectivity index (χ0v) is 9.78. The van der Waals surface area contributed by atoms with E-state index in [1.807, 2.05) is 13.0 Å². The van der Waals surface area contributed by atoms with Gasteiger partial charge >= 0.3 is 8.03 Å². The molecule has 0 saturated carbocycles. The molecule has 4 atom stereocenters. The number of hydrogen-bond acceptors (Lipinski definition) is 4. The van der Waals surface area contributed by atoms with Crippen molar-refractivity contribution in [3.05, 3.63) is 0 Å². The fraction of sp³-hybridized carbons (Fsp3) is 0.900. The number of rotatable bonds is 6. The van der Waals surface area contributed by atoms with E-state index in [0.717, 1.165) is 6.42 Å². The highest BCUT2D eigenvalue weighted by atomic mass is 31.1. The topological polar surface area (TPSA) is 59.3 Å². The van der Waals surface area contributed by atoms with Crippen molar-refractivity contribution in [2.45, 2.75) is 32.3 Å². The van der Waals surface area contributed by atoms with E-state index in [1.54, 1.807) is 0 Å². The molecule has 0 bridgehead atoms. The average molecular weight is 232 g/mol. The van der Waals surface area contributed by atoms with Crippen LogP contribution in [0.1, 0.15) is 27.6 Å². The molecule has 1 aliphatic rings. The lowest BCUT2D eigenvalue weighted by atomic mass is 10.0. The van der Waals surface area contributed by atoms with Gasteiger partial charge < -0.3 is 4.74 Å². The highest BCUT2D eigenvalue weighted by molar-refractivity contribution is 7.39. The van der Waals surface area contributed by atoms with Crippen molar-refractivity contribution in [2.75, 3.05) is 19.4 Å². The van der Waals surface area contributed by atoms with E-state index >= 15 is 0 Å². The van der Waals surface area contributed by atoms with Crippen LogP contribution in [0.15, 0.2) is 0 Å². The van der Waals surface area contributed by atoms with Crippen molar-refractivity contribution >= 4 is 8.03 Å². The standard InChI is InChI=1S/C10H17NO3P/c1-2-10-9(4-7-13-10)8-15(12)14-6-3-5-11/h9-10H,2-4,6-8H2,1H3/q+1/t9-,10-/m1/s1/i7T/t7-,9+,10+/m0. The lowest BCUT2D eigenvalue weighted by Gasteiger charge is -2.10. The number of nitrogens with zero attached hydrogens (tertiary/aromatic N) is 1. The fourth-order valence-electron chi connectivity index (χ4n) is 1.62. The predicted molar refractivity (Wildman–Crippen MR) is 56.8 cm³/mol. The molecule has 0 N–H and O–H groups in total. The molecule has 1 rings (SSSR count). The van der Waals surface area contributed by atoms with Gasteiger partial charge in [-0.05, 0) is 17.4 Å². The molecule has 84 valence electrons. The van der Waals surface area contributed by atoms with E-state index in [2.05, 4.69) is 0 Å². The smallest absolute Gasteiger partial charge is 0.378 e. The summed E-state index contributed by atoms with van der Waals surface area (Å²) in [5.74, 6) is 0.151. The van der Waals surface area contributed by atoms with Crippen LogP contribution >= 0.6 is 8.03 Å². The third-order valence-corrected chi connectivity index (χ3v) is 3.67. The van der Waals surface area contributed by atoms with Crippen molar-refractivity contribution < 1.29 is 15.2 Å². The van der Waals surface area contributed by atoms with Gasteiger partial charge in [-0.2, -0.15) is 5.26 Å². The SMILES string of the molecule is [3H][C@H]1C[C@H](C[P+](=O)OCCC#N)[C@@H](CC)O1. The van der Waals surface area contributed by atoms with Crippen LogP contribution in [-0.4, -0.2) is 25.5 Å². The second kappa shape index (κ2) is 6.90. The summed E-state index contributed by atoms with van der Waals surface area (Å²) in [5, 5.41) is 8.31. The lowest BCUT2D eigenvalue weighted by molar-refractivity contribution is 0.0912. The summed E-state index contributed by atoms with van der Waals surface area (Å²) >= 11 is 0. The Morgan fingerprint density at radius 3 is 3.27 bits per heavy atom. The van der Waals surface area contributed by atoms with E-state index in [1.165, 1.54) is 0 Å². The Kier molecular flexibility index (Phi) is 5.06. The third kappa shape index (κ3) is 4.25. The first-order valence-electron chi connectivity index (χ1n) is 5.77. The average Bonchev–Trinajstić information content (AvgIpc) is 2.59. The minimum absolute atomic E-state index is 0.0287. The summed E-state index contributed by atoms with van der Waals surface area (Å²) in [6.07, 6.45) is 2.19. The molecule has 1 unspecified atom stereocenters. The van der Waals surface area contributed by atoms with Crippen LogP contribution < -0.4 is 0 Å². The van der Waals surface area contributed by atoms with E-state index in [9.17, 15) is 4.57 Å². The normalized spacial score (nSPS) is 32.1. The van der Waals surface area contributed by atoms with Gasteiger partial charge in [0.05, 0.1) is 20.0 Å². The summed E-state index contributed by atoms with van der Waals surface area (Å²) in [5.41, 5.74) is 0. The highest BCUT2D eigenvalue weighted by Gasteiger charge is 2.34. The second-order valence-corrected chi connectivity index (χ2v) is 4.79. The first kappa shape index (κ1) is 11.0. The highest BCUT2D eigenvalue weighted by Crippen LogP contribution is 2.33. The van der Waals surface area contributed by atoms with E-state index in [0.29, 0.717) is 12.6 Å². The summed E-state index contributed by atoms with van der Waals surface area (Å²) < 4.78 is 29.5. The quantitative estimate of drug-likeness (QED) is 0.521. The predicted octanol–water partition coefficient (Wildman–Crippen LogP) is 2.47. The summed E-state index contributed by atoms with van der Waals surface area (Å²) in [6.45, 7) is 1.73. The summed E-state index contributed by atoms with van der Waals surface area (Å²) in [6, 6.07) is 1.94. The van der Waals surface area contributed by atoms with Crippen molar-refractivity contribution in [3.8, 4) is 6.07 Å². The van der Waals surface area contributed by atoms with Gasteiger partial charge in [0.2, 0.25) is 0 Å². The molecule has 0 amide bonds. The van der Waals surface area contributed by atoms with Gasteiger partial charge in [-0.1, -0.05) is 6.92 Å². The molecule has 0 aromatic heterocycles. The van der Waals surface area contributed by atoms with Crippen molar-refractivity contribution in [1.29, 1.82) is 5.26 Å². The summed E-state index contributed by atoms with van der Waals surface area (Å²) in [7, 11) is -1.72. The Labute approximate surface area is 92.8 Å². The van der Waals surface area contributed by atoms with Crippen LogP contribution in [0, 0.1) is 17.2 Å². The van der Waals surface area contributed by atoms with Crippen LogP contribution in [0.5, 0.6) is 0 Å². The van der Waals surface area contributed by atoms with E-state index < -0.39 is 14.6 Å². The molecule has 0 spiro atoms. The molecule has 1 aliphatic heterocycles. The molecule has 15 heavy (non-hydrogen) atoms. The van der Waals surface area contributed by atoms with Gasteiger partial charge in [-0.25, -0.2) is 0 Å². The minimum atomic E-state index is -1.72. The molecule has 5 heteroatoms. The molecular weight excluding hydrogens is 213 g/mol. The van der Waals surface area contributed by atoms with Crippen LogP contribution in [-0.2, 0) is 13.8 Å². The largest absolute Gasteiger partial charge is 0.508 e. The fourth-order valence-corrected chi connectivity index (χ4v) is 2.79. The van der Waals surface area contributed by atoms with Crippen molar-refractivity contribution in [1.82, 2.24) is 0 Å². The second-order valence-electron chi connectivity index (χ2n) is 3.50. The van der Waals surface area contributed by atoms with Crippen LogP contribution in [0.4, 0.5) is 0 Å². The van der Waals surface area contributed by atoms with Gasteiger partial charge in [-0.3, -0.25) is 0 Å². The first-order chi connectivity index (χ1) is 7.67. The van der Waals surface area contributed by atoms with Gasteiger partial charge in [0, 0.05) is 12.5 Å². The molecule has 4 nitrogen and oxygen atoms in total. The molecule has 1 heterocycles. The third-order valence-electron chi connectivity index (χ3n) is 2.43. The Hall–Kier alpha value is -0.490. The zero-order valence-electron chi connectivity index (χ0n) is 9.89. The van der Waals surface area contributed by atoms with Gasteiger partial charge in [0.15, 0.2) is 6.16 Å². The van der Waals surface area contributed by atoms with Gasteiger partial charge in [0.1, 0.15) is 6.61 Å². The van der Waals surface area contributed by atoms with Crippen LogP contribution in [0.3, 0.4) is 0 Å². The maximum atomic E-state index is 11.5. The Morgan fingerprint density at radius 1 is 1.80 bits per heavy atom. The molecule has 1 fully saturated rings. The Bertz CT molecular complexity index is 282. The lowest BCUT2D eigenvalue weighted by Crippen LogP contribution is -2.16. The number of nitriles is 1. The molecule has 1 saturated heterocycles. The van der Waals surface area contributed by atoms with E-state index in [-0.39, 0.29) is 25.0 Å². The minimum Gasteiger partial charge on any atom is -0.378 e. The molecule has 0 aromatic carbocycles. The first-order valence-corrected chi connectivity index (χ1v) is 6.55. The molecular formula is C10H17NO3P+. The number of ether oxygens (including phenoxy) is 1. The van der Waals surface area contributed by atoms with Gasteiger partial charge in [0.25, 0.3) is 0 Å². The van der Waals surface area contributed by atoms with Crippen molar-refractivity contribution in [3.63, 3.8) is 0 Å². The molecule has 0 aliphatic carbocycles. The Morgan fingerprint density at radius 2 is 2.60 bits per heavy atom. The van der Waals surface area contributed by atoms with Gasteiger partial charge in [-0.15, -0.1) is 4.52 Å². The molecule has 0 aromatic rings. The van der Waals surface area contributed by atoms with E-state index in [4.69, 9.17) is 15.9 Å². The monoisotopic (exact) mass is 232 g/mol. The molecule has 0 radical (unpaired) electrons. The number of hydrogen-bond donors (Lipinski definition) is 0. The zero-order chi connectivity index (χ0) is 12.0. The Balaban J connectivity index is 2.30. The maximum Gasteiger partial charge on any atom is 0.508 e. The maximum absolute atomic E-state index is 11.5. The van der Waals surface area contributed by atoms with Crippen LogP contribution in [0.25, 0.3) is 0 Å².